The Morgan fingerprint density at radius 3 is 2.71 bits per heavy atom. The van der Waals surface area contributed by atoms with Crippen LogP contribution in [0.25, 0.3) is 0 Å². The van der Waals surface area contributed by atoms with Crippen LogP contribution in [0.5, 0.6) is 5.75 Å². The molecule has 7 heteroatoms. The summed E-state index contributed by atoms with van der Waals surface area (Å²) in [6.45, 7) is 1.91. The highest BCUT2D eigenvalue weighted by molar-refractivity contribution is 7.89. The van der Waals surface area contributed by atoms with E-state index in [1.165, 1.54) is 25.3 Å². The molecule has 0 saturated carbocycles. The molecule has 4 N–H and O–H groups in total. The fourth-order valence-corrected chi connectivity index (χ4v) is 2.24. The van der Waals surface area contributed by atoms with Gasteiger partial charge in [0, 0.05) is 13.7 Å². The molecule has 0 heterocycles. The van der Waals surface area contributed by atoms with E-state index in [1.807, 2.05) is 0 Å². The van der Waals surface area contributed by atoms with Crippen LogP contribution in [0.2, 0.25) is 0 Å². The molecule has 0 aliphatic rings. The van der Waals surface area contributed by atoms with E-state index >= 15 is 0 Å². The number of ether oxygens (including phenoxy) is 1. The minimum absolute atomic E-state index is 0.0103. The minimum Gasteiger partial charge on any atom is -0.506 e. The Bertz CT molecular complexity index is 487. The second-order valence-corrected chi connectivity index (χ2v) is 5.39. The first-order valence-corrected chi connectivity index (χ1v) is 6.46. The minimum atomic E-state index is -3.63. The second-order valence-electron chi connectivity index (χ2n) is 3.62. The molecule has 1 aromatic rings. The van der Waals surface area contributed by atoms with Crippen LogP contribution in [0.1, 0.15) is 6.92 Å². The van der Waals surface area contributed by atoms with Crippen LogP contribution in [0.15, 0.2) is 23.1 Å². The topological polar surface area (TPSA) is 102 Å². The van der Waals surface area contributed by atoms with Crippen molar-refractivity contribution in [3.8, 4) is 5.75 Å². The first-order valence-electron chi connectivity index (χ1n) is 4.97. The van der Waals surface area contributed by atoms with Gasteiger partial charge >= 0.3 is 0 Å². The van der Waals surface area contributed by atoms with Gasteiger partial charge in [-0.3, -0.25) is 0 Å². The third kappa shape index (κ3) is 3.58. The van der Waals surface area contributed by atoms with Crippen molar-refractivity contribution in [2.24, 2.45) is 0 Å². The van der Waals surface area contributed by atoms with Crippen molar-refractivity contribution in [1.29, 1.82) is 0 Å². The summed E-state index contributed by atoms with van der Waals surface area (Å²) < 4.78 is 30.9. The molecule has 0 amide bonds. The van der Waals surface area contributed by atoms with Crippen LogP contribution in [0.3, 0.4) is 0 Å². The molecule has 0 aromatic heterocycles. The van der Waals surface area contributed by atoms with Crippen LogP contribution < -0.4 is 10.5 Å². The molecule has 17 heavy (non-hydrogen) atoms. The number of rotatable bonds is 5. The highest BCUT2D eigenvalue weighted by atomic mass is 32.2. The van der Waals surface area contributed by atoms with E-state index in [9.17, 15) is 13.5 Å². The summed E-state index contributed by atoms with van der Waals surface area (Å²) in [5.41, 5.74) is 5.45. The lowest BCUT2D eigenvalue weighted by atomic mass is 10.3. The molecule has 0 radical (unpaired) electrons. The molecule has 0 bridgehead atoms. The summed E-state index contributed by atoms with van der Waals surface area (Å²) in [6.07, 6.45) is -0.223. The Morgan fingerprint density at radius 2 is 2.18 bits per heavy atom. The van der Waals surface area contributed by atoms with Crippen molar-refractivity contribution < 1.29 is 18.3 Å². The number of nitrogen functional groups attached to an aromatic ring is 1. The zero-order valence-corrected chi connectivity index (χ0v) is 10.5. The molecule has 1 rings (SSSR count). The molecule has 0 saturated heterocycles. The van der Waals surface area contributed by atoms with Crippen molar-refractivity contribution >= 4 is 15.7 Å². The van der Waals surface area contributed by atoms with E-state index in [0.29, 0.717) is 0 Å². The van der Waals surface area contributed by atoms with Gasteiger partial charge < -0.3 is 15.6 Å². The van der Waals surface area contributed by atoms with Gasteiger partial charge in [0.1, 0.15) is 5.75 Å². The average molecular weight is 260 g/mol. The largest absolute Gasteiger partial charge is 0.506 e. The molecule has 1 atom stereocenters. The SMILES string of the molecule is COC(C)CNS(=O)(=O)c1ccc(O)c(N)c1. The summed E-state index contributed by atoms with van der Waals surface area (Å²) >= 11 is 0. The van der Waals surface area contributed by atoms with Crippen molar-refractivity contribution in [2.75, 3.05) is 19.4 Å². The number of nitrogens with two attached hydrogens (primary N) is 1. The average Bonchev–Trinajstić information content (AvgIpc) is 2.29. The van der Waals surface area contributed by atoms with E-state index in [2.05, 4.69) is 4.72 Å². The van der Waals surface area contributed by atoms with E-state index < -0.39 is 10.0 Å². The van der Waals surface area contributed by atoms with Crippen LogP contribution in [0, 0.1) is 0 Å². The zero-order chi connectivity index (χ0) is 13.1. The van der Waals surface area contributed by atoms with Crippen molar-refractivity contribution in [2.45, 2.75) is 17.9 Å². The first-order chi connectivity index (χ1) is 7.86. The number of phenolic OH excluding ortho intramolecular Hbond substituents is 1. The summed E-state index contributed by atoms with van der Waals surface area (Å²) in [5.74, 6) is -0.144. The maximum atomic E-state index is 11.8. The Labute approximate surface area is 100 Å². The smallest absolute Gasteiger partial charge is 0.240 e. The number of anilines is 1. The molecule has 0 fully saturated rings. The summed E-state index contributed by atoms with van der Waals surface area (Å²) in [6, 6.07) is 3.73. The van der Waals surface area contributed by atoms with Gasteiger partial charge in [-0.1, -0.05) is 0 Å². The maximum absolute atomic E-state index is 11.8. The van der Waals surface area contributed by atoms with Crippen molar-refractivity contribution in [1.82, 2.24) is 4.72 Å². The van der Waals surface area contributed by atoms with Crippen molar-refractivity contribution in [3.05, 3.63) is 18.2 Å². The van der Waals surface area contributed by atoms with E-state index in [1.54, 1.807) is 6.92 Å². The van der Waals surface area contributed by atoms with Gasteiger partial charge in [0.25, 0.3) is 0 Å². The number of hydrogen-bond acceptors (Lipinski definition) is 5. The second kappa shape index (κ2) is 5.35. The molecule has 0 aliphatic heterocycles. The highest BCUT2D eigenvalue weighted by Crippen LogP contribution is 2.22. The molecular formula is C10H16N2O4S. The monoisotopic (exact) mass is 260 g/mol. The predicted molar refractivity (Wildman–Crippen MR) is 64.2 cm³/mol. The van der Waals surface area contributed by atoms with Crippen LogP contribution in [-0.2, 0) is 14.8 Å². The quantitative estimate of drug-likeness (QED) is 0.521. The van der Waals surface area contributed by atoms with Gasteiger partial charge in [0.05, 0.1) is 16.7 Å². The van der Waals surface area contributed by atoms with Gasteiger partial charge in [-0.15, -0.1) is 0 Å². The lowest BCUT2D eigenvalue weighted by Gasteiger charge is -2.11. The Kier molecular flexibility index (Phi) is 4.33. The Morgan fingerprint density at radius 1 is 1.53 bits per heavy atom. The van der Waals surface area contributed by atoms with Gasteiger partial charge in [-0.2, -0.15) is 0 Å². The molecule has 0 aliphatic carbocycles. The fourth-order valence-electron chi connectivity index (χ4n) is 1.09. The third-order valence-corrected chi connectivity index (χ3v) is 3.69. The number of phenols is 1. The number of hydrogen-bond donors (Lipinski definition) is 3. The van der Waals surface area contributed by atoms with Gasteiger partial charge in [-0.25, -0.2) is 13.1 Å². The van der Waals surface area contributed by atoms with Gasteiger partial charge in [-0.05, 0) is 25.1 Å². The van der Waals surface area contributed by atoms with Crippen molar-refractivity contribution in [3.63, 3.8) is 0 Å². The first kappa shape index (κ1) is 13.8. The van der Waals surface area contributed by atoms with Crippen LogP contribution in [-0.4, -0.2) is 33.3 Å². The summed E-state index contributed by atoms with van der Waals surface area (Å²) in [4.78, 5) is 0.0103. The Hall–Kier alpha value is -1.31. The van der Waals surface area contributed by atoms with E-state index in [4.69, 9.17) is 10.5 Å². The molecule has 6 nitrogen and oxygen atoms in total. The predicted octanol–water partition coefficient (Wildman–Crippen LogP) is 0.288. The van der Waals surface area contributed by atoms with Crippen LogP contribution >= 0.6 is 0 Å². The molecule has 96 valence electrons. The number of methoxy groups -OCH3 is 1. The zero-order valence-electron chi connectivity index (χ0n) is 9.67. The molecular weight excluding hydrogens is 244 g/mol. The summed E-state index contributed by atoms with van der Waals surface area (Å²) in [5, 5.41) is 9.21. The van der Waals surface area contributed by atoms with Gasteiger partial charge in [0.2, 0.25) is 10.0 Å². The Balaban J connectivity index is 2.86. The molecule has 0 spiro atoms. The fraction of sp³-hybridized carbons (Fsp3) is 0.400. The number of benzene rings is 1. The van der Waals surface area contributed by atoms with E-state index in [0.717, 1.165) is 0 Å². The maximum Gasteiger partial charge on any atom is 0.240 e. The van der Waals surface area contributed by atoms with Crippen LogP contribution in [0.4, 0.5) is 5.69 Å². The van der Waals surface area contributed by atoms with E-state index in [-0.39, 0.29) is 29.0 Å². The third-order valence-electron chi connectivity index (χ3n) is 2.27. The number of sulfonamides is 1. The number of aromatic hydroxyl groups is 1. The lowest BCUT2D eigenvalue weighted by molar-refractivity contribution is 0.122. The lowest BCUT2D eigenvalue weighted by Crippen LogP contribution is -2.31. The van der Waals surface area contributed by atoms with Gasteiger partial charge in [0.15, 0.2) is 0 Å². The molecule has 1 unspecified atom stereocenters. The molecule has 1 aromatic carbocycles. The standard InChI is InChI=1S/C10H16N2O4S/c1-7(16-2)6-12-17(14,15)8-3-4-10(13)9(11)5-8/h3-5,7,12-13H,6,11H2,1-2H3. The summed E-state index contributed by atoms with van der Waals surface area (Å²) in [7, 11) is -2.13. The normalized spacial score (nSPS) is 13.5. The highest BCUT2D eigenvalue weighted by Gasteiger charge is 2.16. The number of nitrogens with one attached hydrogen (secondary N) is 1.